The molecule has 80 valence electrons. The lowest BCUT2D eigenvalue weighted by molar-refractivity contribution is -0.129. The molecule has 0 atom stereocenters. The van der Waals surface area contributed by atoms with Gasteiger partial charge in [-0.25, -0.2) is 4.79 Å². The van der Waals surface area contributed by atoms with Gasteiger partial charge in [-0.2, -0.15) is 10.4 Å². The number of anilines is 1. The predicted octanol–water partition coefficient (Wildman–Crippen LogP) is 1.06. The third-order valence-electron chi connectivity index (χ3n) is 1.63. The van der Waals surface area contributed by atoms with Crippen LogP contribution in [0.15, 0.2) is 29.4 Å². The van der Waals surface area contributed by atoms with Gasteiger partial charge in [-0.3, -0.25) is 10.8 Å². The number of hydrogen-bond donors (Lipinski definition) is 3. The van der Waals surface area contributed by atoms with Crippen molar-refractivity contribution in [3.05, 3.63) is 29.8 Å². The highest BCUT2D eigenvalue weighted by Gasteiger charge is 2.01. The molecule has 0 saturated carbocycles. The molecule has 0 aromatic heterocycles. The van der Waals surface area contributed by atoms with Gasteiger partial charge >= 0.3 is 5.97 Å². The van der Waals surface area contributed by atoms with Gasteiger partial charge in [0.25, 0.3) is 0 Å². The Morgan fingerprint density at radius 1 is 1.50 bits per heavy atom. The van der Waals surface area contributed by atoms with Gasteiger partial charge in [0.05, 0.1) is 23.5 Å². The number of nitriles is 1. The molecule has 0 bridgehead atoms. The Kier molecular flexibility index (Phi) is 3.75. The molecule has 16 heavy (non-hydrogen) atoms. The van der Waals surface area contributed by atoms with Gasteiger partial charge in [0.1, 0.15) is 0 Å². The van der Waals surface area contributed by atoms with Crippen LogP contribution >= 0.6 is 0 Å². The third kappa shape index (κ3) is 3.23. The fraction of sp³-hybridized carbons (Fsp3) is 0. The molecule has 0 saturated heterocycles. The normalized spacial score (nSPS) is 9.69. The van der Waals surface area contributed by atoms with Crippen LogP contribution in [0.2, 0.25) is 0 Å². The van der Waals surface area contributed by atoms with Crippen LogP contribution in [0.1, 0.15) is 5.56 Å². The molecule has 0 aliphatic heterocycles. The second-order valence-corrected chi connectivity index (χ2v) is 2.78. The van der Waals surface area contributed by atoms with Gasteiger partial charge in [0, 0.05) is 0 Å². The van der Waals surface area contributed by atoms with Crippen molar-refractivity contribution in [2.24, 2.45) is 5.10 Å². The van der Waals surface area contributed by atoms with Gasteiger partial charge in [-0.05, 0) is 24.3 Å². The smallest absolute Gasteiger partial charge is 0.355 e. The first-order valence-corrected chi connectivity index (χ1v) is 4.24. The zero-order valence-electron chi connectivity index (χ0n) is 8.14. The molecule has 0 amide bonds. The van der Waals surface area contributed by atoms with Crippen LogP contribution in [0.5, 0.6) is 0 Å². The number of carboxylic acid groups (broad SMARTS) is 1. The summed E-state index contributed by atoms with van der Waals surface area (Å²) in [4.78, 5) is 10.2. The highest BCUT2D eigenvalue weighted by Crippen LogP contribution is 2.07. The van der Waals surface area contributed by atoms with E-state index in [2.05, 4.69) is 10.5 Å². The molecule has 6 nitrogen and oxygen atoms in total. The summed E-state index contributed by atoms with van der Waals surface area (Å²) in [7, 11) is 0. The van der Waals surface area contributed by atoms with Crippen molar-refractivity contribution in [2.45, 2.75) is 0 Å². The largest absolute Gasteiger partial charge is 0.476 e. The summed E-state index contributed by atoms with van der Waals surface area (Å²) in [5, 5.41) is 27.4. The van der Waals surface area contributed by atoms with Crippen LogP contribution in [0.3, 0.4) is 0 Å². The lowest BCUT2D eigenvalue weighted by atomic mass is 10.2. The van der Waals surface area contributed by atoms with Crippen molar-refractivity contribution in [1.29, 1.82) is 10.7 Å². The number of nitrogens with one attached hydrogen (secondary N) is 2. The number of benzene rings is 1. The van der Waals surface area contributed by atoms with Crippen LogP contribution in [0, 0.1) is 16.7 Å². The van der Waals surface area contributed by atoms with E-state index in [0.717, 1.165) is 6.21 Å². The number of carbonyl (C=O) groups is 1. The highest BCUT2D eigenvalue weighted by molar-refractivity contribution is 6.57. The minimum Gasteiger partial charge on any atom is -0.476 e. The van der Waals surface area contributed by atoms with E-state index in [1.807, 2.05) is 6.07 Å². The van der Waals surface area contributed by atoms with Gasteiger partial charge < -0.3 is 5.11 Å². The van der Waals surface area contributed by atoms with Crippen LogP contribution in [-0.4, -0.2) is 23.0 Å². The molecule has 0 radical (unpaired) electrons. The Morgan fingerprint density at radius 3 is 2.62 bits per heavy atom. The topological polar surface area (TPSA) is 109 Å². The molecule has 6 heteroatoms. The summed E-state index contributed by atoms with van der Waals surface area (Å²) in [5.74, 6) is -1.34. The SMILES string of the molecule is N#Cc1ccc(N/N=C\C(=N)C(=O)O)cc1. The van der Waals surface area contributed by atoms with Gasteiger partial charge in [-0.1, -0.05) is 0 Å². The Bertz CT molecular complexity index is 471. The Balaban J connectivity index is 2.59. The van der Waals surface area contributed by atoms with E-state index >= 15 is 0 Å². The monoisotopic (exact) mass is 216 g/mol. The summed E-state index contributed by atoms with van der Waals surface area (Å²) < 4.78 is 0. The van der Waals surface area contributed by atoms with Crippen molar-refractivity contribution < 1.29 is 9.90 Å². The fourth-order valence-electron chi connectivity index (χ4n) is 0.846. The number of carboxylic acids is 1. The average molecular weight is 216 g/mol. The third-order valence-corrected chi connectivity index (χ3v) is 1.63. The minimum absolute atomic E-state index is 0.521. The summed E-state index contributed by atoms with van der Waals surface area (Å²) in [6, 6.07) is 8.41. The zero-order chi connectivity index (χ0) is 12.0. The lowest BCUT2D eigenvalue weighted by Gasteiger charge is -1.98. The number of hydrogen-bond acceptors (Lipinski definition) is 5. The summed E-state index contributed by atoms with van der Waals surface area (Å²) >= 11 is 0. The Labute approximate surface area is 91.3 Å². The van der Waals surface area contributed by atoms with E-state index in [1.165, 1.54) is 0 Å². The first-order chi connectivity index (χ1) is 7.63. The highest BCUT2D eigenvalue weighted by atomic mass is 16.4. The van der Waals surface area contributed by atoms with Crippen LogP contribution in [-0.2, 0) is 4.79 Å². The molecule has 0 fully saturated rings. The van der Waals surface area contributed by atoms with Crippen LogP contribution in [0.4, 0.5) is 5.69 Å². The van der Waals surface area contributed by atoms with Gasteiger partial charge in [0.15, 0.2) is 5.71 Å². The van der Waals surface area contributed by atoms with E-state index in [1.54, 1.807) is 24.3 Å². The second kappa shape index (κ2) is 5.26. The molecule has 0 aliphatic rings. The summed E-state index contributed by atoms with van der Waals surface area (Å²) in [5.41, 5.74) is 3.05. The van der Waals surface area contributed by atoms with E-state index in [4.69, 9.17) is 15.8 Å². The first-order valence-electron chi connectivity index (χ1n) is 4.24. The molecule has 0 heterocycles. The number of aliphatic carboxylic acids is 1. The maximum absolute atomic E-state index is 10.2. The Hall–Kier alpha value is -2.68. The number of hydrazone groups is 1. The maximum Gasteiger partial charge on any atom is 0.355 e. The standard InChI is InChI=1S/C10H8N4O2/c11-5-7-1-3-8(4-2-7)14-13-6-9(12)10(15)16/h1-4,6,12,14H,(H,15,16)/b12-9?,13-6-. The first kappa shape index (κ1) is 11.4. The van der Waals surface area contributed by atoms with E-state index in [9.17, 15) is 4.79 Å². The van der Waals surface area contributed by atoms with Crippen molar-refractivity contribution >= 4 is 23.6 Å². The molecule has 0 spiro atoms. The Morgan fingerprint density at radius 2 is 2.12 bits per heavy atom. The lowest BCUT2D eigenvalue weighted by Crippen LogP contribution is -2.13. The fourth-order valence-corrected chi connectivity index (χ4v) is 0.846. The second-order valence-electron chi connectivity index (χ2n) is 2.78. The molecule has 3 N–H and O–H groups in total. The maximum atomic E-state index is 10.2. The van der Waals surface area contributed by atoms with E-state index in [-0.39, 0.29) is 0 Å². The van der Waals surface area contributed by atoms with E-state index in [0.29, 0.717) is 11.3 Å². The predicted molar refractivity (Wildman–Crippen MR) is 58.6 cm³/mol. The molecular formula is C10H8N4O2. The van der Waals surface area contributed by atoms with Crippen molar-refractivity contribution in [3.8, 4) is 6.07 Å². The average Bonchev–Trinajstić information content (AvgIpc) is 2.29. The molecule has 1 aromatic rings. The number of nitrogens with zero attached hydrogens (tertiary/aromatic N) is 2. The summed E-state index contributed by atoms with van der Waals surface area (Å²) in [6.45, 7) is 0. The molecule has 1 aromatic carbocycles. The van der Waals surface area contributed by atoms with E-state index < -0.39 is 11.7 Å². The molecule has 0 unspecified atom stereocenters. The van der Waals surface area contributed by atoms with Gasteiger partial charge in [0.2, 0.25) is 0 Å². The van der Waals surface area contributed by atoms with Gasteiger partial charge in [-0.15, -0.1) is 0 Å². The van der Waals surface area contributed by atoms with Crippen molar-refractivity contribution in [3.63, 3.8) is 0 Å². The zero-order valence-corrected chi connectivity index (χ0v) is 8.14. The van der Waals surface area contributed by atoms with Crippen molar-refractivity contribution in [1.82, 2.24) is 0 Å². The van der Waals surface area contributed by atoms with Crippen molar-refractivity contribution in [2.75, 3.05) is 5.43 Å². The summed E-state index contributed by atoms with van der Waals surface area (Å²) in [6.07, 6.45) is 0.889. The number of rotatable bonds is 4. The van der Waals surface area contributed by atoms with Crippen LogP contribution in [0.25, 0.3) is 0 Å². The molecular weight excluding hydrogens is 208 g/mol. The minimum atomic E-state index is -1.34. The molecule has 0 aliphatic carbocycles. The molecule has 1 rings (SSSR count). The van der Waals surface area contributed by atoms with Crippen LogP contribution < -0.4 is 5.43 Å². The quantitative estimate of drug-likeness (QED) is 0.516.